The molecule has 21 heavy (non-hydrogen) atoms. The zero-order valence-corrected chi connectivity index (χ0v) is 12.7. The van der Waals surface area contributed by atoms with E-state index in [4.69, 9.17) is 5.73 Å². The van der Waals surface area contributed by atoms with Gasteiger partial charge < -0.3 is 16.0 Å². The van der Waals surface area contributed by atoms with Crippen LogP contribution in [0, 0.1) is 11.8 Å². The first-order valence-corrected chi connectivity index (χ1v) is 8.44. The molecule has 118 valence electrons. The summed E-state index contributed by atoms with van der Waals surface area (Å²) in [6.07, 6.45) is 7.48. The molecule has 0 aromatic carbocycles. The van der Waals surface area contributed by atoms with E-state index in [1.54, 1.807) is 0 Å². The van der Waals surface area contributed by atoms with Gasteiger partial charge in [-0.3, -0.25) is 9.59 Å². The zero-order chi connectivity index (χ0) is 14.8. The Kier molecular flexibility index (Phi) is 4.48. The van der Waals surface area contributed by atoms with E-state index in [2.05, 4.69) is 5.32 Å². The number of hydrogen-bond donors (Lipinski definition) is 2. The van der Waals surface area contributed by atoms with Crippen molar-refractivity contribution in [1.29, 1.82) is 0 Å². The molecule has 0 aromatic heterocycles. The molecule has 2 unspecified atom stereocenters. The Hall–Kier alpha value is -1.10. The predicted molar refractivity (Wildman–Crippen MR) is 80.4 cm³/mol. The molecule has 2 atom stereocenters. The average molecular weight is 293 g/mol. The maximum atomic E-state index is 12.5. The largest absolute Gasteiger partial charge is 0.353 e. The number of nitrogens with one attached hydrogen (secondary N) is 1. The summed E-state index contributed by atoms with van der Waals surface area (Å²) in [4.78, 5) is 25.9. The lowest BCUT2D eigenvalue weighted by molar-refractivity contribution is -0.136. The Morgan fingerprint density at radius 3 is 2.71 bits per heavy atom. The van der Waals surface area contributed by atoms with Gasteiger partial charge in [0.2, 0.25) is 11.8 Å². The number of rotatable bonds is 2. The molecule has 1 aliphatic carbocycles. The molecule has 0 bridgehead atoms. The van der Waals surface area contributed by atoms with Crippen LogP contribution in [0.1, 0.15) is 51.4 Å². The van der Waals surface area contributed by atoms with E-state index in [1.807, 2.05) is 4.90 Å². The Bertz CT molecular complexity index is 404. The molecular weight excluding hydrogens is 266 g/mol. The Morgan fingerprint density at radius 1 is 1.19 bits per heavy atom. The normalized spacial score (nSPS) is 36.8. The summed E-state index contributed by atoms with van der Waals surface area (Å²) in [6, 6.07) is 0.640. The van der Waals surface area contributed by atoms with Gasteiger partial charge in [-0.15, -0.1) is 0 Å². The number of nitrogens with zero attached hydrogens (tertiary/aromatic N) is 1. The van der Waals surface area contributed by atoms with Crippen molar-refractivity contribution < 1.29 is 9.59 Å². The van der Waals surface area contributed by atoms with Crippen LogP contribution in [0.4, 0.5) is 0 Å². The summed E-state index contributed by atoms with van der Waals surface area (Å²) >= 11 is 0. The number of amides is 2. The highest BCUT2D eigenvalue weighted by Gasteiger charge is 2.35. The first kappa shape index (κ1) is 14.8. The van der Waals surface area contributed by atoms with E-state index in [0.29, 0.717) is 42.7 Å². The number of likely N-dealkylation sites (tertiary alicyclic amines) is 1. The number of nitrogens with two attached hydrogens (primary N) is 1. The molecule has 2 amide bonds. The lowest BCUT2D eigenvalue weighted by atomic mass is 9.83. The van der Waals surface area contributed by atoms with E-state index < -0.39 is 0 Å². The number of hydrogen-bond acceptors (Lipinski definition) is 3. The molecule has 0 radical (unpaired) electrons. The quantitative estimate of drug-likeness (QED) is 0.798. The number of piperidine rings is 2. The minimum atomic E-state index is 0.176. The maximum Gasteiger partial charge on any atom is 0.222 e. The van der Waals surface area contributed by atoms with Crippen molar-refractivity contribution in [3.8, 4) is 0 Å². The molecule has 3 fully saturated rings. The van der Waals surface area contributed by atoms with Gasteiger partial charge >= 0.3 is 0 Å². The molecule has 5 heteroatoms. The van der Waals surface area contributed by atoms with Gasteiger partial charge in [0.15, 0.2) is 0 Å². The van der Waals surface area contributed by atoms with Crippen molar-refractivity contribution in [2.24, 2.45) is 17.6 Å². The van der Waals surface area contributed by atoms with Crippen LogP contribution in [0.25, 0.3) is 0 Å². The minimum absolute atomic E-state index is 0.176. The molecular formula is C16H27N3O2. The molecule has 3 rings (SSSR count). The highest BCUT2D eigenvalue weighted by atomic mass is 16.2. The van der Waals surface area contributed by atoms with Gasteiger partial charge in [-0.25, -0.2) is 0 Å². The van der Waals surface area contributed by atoms with Crippen LogP contribution in [0.15, 0.2) is 0 Å². The van der Waals surface area contributed by atoms with E-state index in [9.17, 15) is 9.59 Å². The van der Waals surface area contributed by atoms with Crippen LogP contribution in [0.5, 0.6) is 0 Å². The summed E-state index contributed by atoms with van der Waals surface area (Å²) in [5.41, 5.74) is 5.93. The summed E-state index contributed by atoms with van der Waals surface area (Å²) < 4.78 is 0. The van der Waals surface area contributed by atoms with Gasteiger partial charge in [0.25, 0.3) is 0 Å². The van der Waals surface area contributed by atoms with E-state index in [1.165, 1.54) is 0 Å². The topological polar surface area (TPSA) is 75.4 Å². The molecule has 0 spiro atoms. The van der Waals surface area contributed by atoms with Crippen molar-refractivity contribution in [3.05, 3.63) is 0 Å². The van der Waals surface area contributed by atoms with Crippen molar-refractivity contribution >= 4 is 11.8 Å². The fourth-order valence-corrected chi connectivity index (χ4v) is 4.11. The fourth-order valence-electron chi connectivity index (χ4n) is 4.11. The minimum Gasteiger partial charge on any atom is -0.353 e. The lowest BCUT2D eigenvalue weighted by Crippen LogP contribution is -2.55. The Balaban J connectivity index is 1.48. The second-order valence-corrected chi connectivity index (χ2v) is 7.09. The molecule has 0 aromatic rings. The van der Waals surface area contributed by atoms with E-state index in [-0.39, 0.29) is 5.91 Å². The summed E-state index contributed by atoms with van der Waals surface area (Å²) in [5.74, 6) is 1.47. The summed E-state index contributed by atoms with van der Waals surface area (Å²) in [6.45, 7) is 1.63. The lowest BCUT2D eigenvalue weighted by Gasteiger charge is -2.42. The average Bonchev–Trinajstić information content (AvgIpc) is 2.49. The van der Waals surface area contributed by atoms with E-state index >= 15 is 0 Å². The third-order valence-corrected chi connectivity index (χ3v) is 5.53. The zero-order valence-electron chi connectivity index (χ0n) is 12.7. The molecule has 2 saturated heterocycles. The van der Waals surface area contributed by atoms with Crippen LogP contribution in [-0.4, -0.2) is 41.9 Å². The molecule has 3 aliphatic rings. The van der Waals surface area contributed by atoms with Gasteiger partial charge in [-0.1, -0.05) is 0 Å². The van der Waals surface area contributed by atoms with Crippen LogP contribution in [0.3, 0.4) is 0 Å². The first-order valence-electron chi connectivity index (χ1n) is 8.44. The second kappa shape index (κ2) is 6.34. The van der Waals surface area contributed by atoms with Gasteiger partial charge in [0.05, 0.1) is 0 Å². The van der Waals surface area contributed by atoms with Crippen LogP contribution >= 0.6 is 0 Å². The Labute approximate surface area is 126 Å². The maximum absolute atomic E-state index is 12.5. The standard InChI is InChI=1S/C16H27N3O2/c17-13-4-1-11(2-5-13)9-16(21)19-8-7-14-12(10-19)3-6-15(20)18-14/h11-14H,1-10,17H2,(H,18,20). The van der Waals surface area contributed by atoms with Crippen molar-refractivity contribution in [2.45, 2.75) is 63.5 Å². The van der Waals surface area contributed by atoms with Gasteiger partial charge in [0, 0.05) is 38.0 Å². The van der Waals surface area contributed by atoms with Crippen LogP contribution in [0.2, 0.25) is 0 Å². The van der Waals surface area contributed by atoms with Gasteiger partial charge in [-0.05, 0) is 50.4 Å². The third-order valence-electron chi connectivity index (χ3n) is 5.53. The number of carbonyl (C=O) groups excluding carboxylic acids is 2. The van der Waals surface area contributed by atoms with Crippen LogP contribution in [-0.2, 0) is 9.59 Å². The SMILES string of the molecule is NC1CCC(CC(=O)N2CCC3NC(=O)CCC3C2)CC1. The van der Waals surface area contributed by atoms with E-state index in [0.717, 1.165) is 51.6 Å². The summed E-state index contributed by atoms with van der Waals surface area (Å²) in [5, 5.41) is 3.07. The number of fused-ring (bicyclic) bond motifs is 1. The predicted octanol–water partition coefficient (Wildman–Crippen LogP) is 1.02. The van der Waals surface area contributed by atoms with Crippen LogP contribution < -0.4 is 11.1 Å². The van der Waals surface area contributed by atoms with Crippen molar-refractivity contribution in [2.75, 3.05) is 13.1 Å². The fraction of sp³-hybridized carbons (Fsp3) is 0.875. The molecule has 5 nitrogen and oxygen atoms in total. The van der Waals surface area contributed by atoms with Gasteiger partial charge in [-0.2, -0.15) is 0 Å². The number of carbonyl (C=O) groups is 2. The van der Waals surface area contributed by atoms with Crippen molar-refractivity contribution in [1.82, 2.24) is 10.2 Å². The molecule has 2 heterocycles. The molecule has 3 N–H and O–H groups in total. The molecule has 2 aliphatic heterocycles. The first-order chi connectivity index (χ1) is 10.1. The van der Waals surface area contributed by atoms with Gasteiger partial charge in [0.1, 0.15) is 0 Å². The van der Waals surface area contributed by atoms with Crippen molar-refractivity contribution in [3.63, 3.8) is 0 Å². The monoisotopic (exact) mass is 293 g/mol. The third kappa shape index (κ3) is 3.57. The highest BCUT2D eigenvalue weighted by molar-refractivity contribution is 5.78. The highest BCUT2D eigenvalue weighted by Crippen LogP contribution is 2.29. The summed E-state index contributed by atoms with van der Waals surface area (Å²) in [7, 11) is 0. The second-order valence-electron chi connectivity index (χ2n) is 7.09. The smallest absolute Gasteiger partial charge is 0.222 e. The Morgan fingerprint density at radius 2 is 1.95 bits per heavy atom. The molecule has 1 saturated carbocycles.